The molecule has 0 fully saturated rings. The number of hydrogen-bond donors (Lipinski definition) is 1. The molecule has 0 radical (unpaired) electrons. The van der Waals surface area contributed by atoms with Crippen LogP contribution in [-0.2, 0) is 20.6 Å². The number of benzene rings is 3. The van der Waals surface area contributed by atoms with Gasteiger partial charge in [0, 0.05) is 5.69 Å². The number of fused-ring (bicyclic) bond motifs is 1. The number of amides is 1. The van der Waals surface area contributed by atoms with Crippen molar-refractivity contribution in [2.75, 3.05) is 16.2 Å². The van der Waals surface area contributed by atoms with Gasteiger partial charge in [0.05, 0.1) is 24.1 Å². The van der Waals surface area contributed by atoms with Crippen LogP contribution < -0.4 is 19.1 Å². The lowest BCUT2D eigenvalue weighted by atomic mass is 10.2. The highest BCUT2D eigenvalue weighted by Gasteiger charge is 2.36. The third-order valence-corrected chi connectivity index (χ3v) is 6.76. The minimum atomic E-state index is -3.75. The second-order valence-corrected chi connectivity index (χ2v) is 9.92. The zero-order chi connectivity index (χ0) is 23.4. The Morgan fingerprint density at radius 1 is 1.03 bits per heavy atom. The Morgan fingerprint density at radius 2 is 1.70 bits per heavy atom. The SMILES string of the molecule is CC(C)Oc1ccc(NC(=O)[C@H]2CN(S(=O)(=O)Cc3ccccc3)c3ccccc3O2)cc1. The zero-order valence-corrected chi connectivity index (χ0v) is 19.3. The highest BCUT2D eigenvalue weighted by Crippen LogP contribution is 2.36. The summed E-state index contributed by atoms with van der Waals surface area (Å²) in [7, 11) is -3.75. The highest BCUT2D eigenvalue weighted by atomic mass is 32.2. The van der Waals surface area contributed by atoms with Crippen LogP contribution in [0.25, 0.3) is 0 Å². The molecule has 1 amide bonds. The third-order valence-electron chi connectivity index (χ3n) is 5.05. The van der Waals surface area contributed by atoms with Crippen molar-refractivity contribution in [2.24, 2.45) is 0 Å². The monoisotopic (exact) mass is 466 g/mol. The first-order valence-electron chi connectivity index (χ1n) is 10.7. The molecule has 1 aliphatic heterocycles. The first-order valence-corrected chi connectivity index (χ1v) is 12.3. The largest absolute Gasteiger partial charge is 0.491 e. The molecule has 0 spiro atoms. The lowest BCUT2D eigenvalue weighted by Crippen LogP contribution is -2.49. The number of nitrogens with zero attached hydrogens (tertiary/aromatic N) is 1. The number of nitrogens with one attached hydrogen (secondary N) is 1. The minimum absolute atomic E-state index is 0.0463. The number of sulfonamides is 1. The quantitative estimate of drug-likeness (QED) is 0.564. The van der Waals surface area contributed by atoms with E-state index in [1.54, 1.807) is 72.8 Å². The van der Waals surface area contributed by atoms with Gasteiger partial charge in [-0.05, 0) is 55.8 Å². The van der Waals surface area contributed by atoms with Crippen LogP contribution in [0.3, 0.4) is 0 Å². The molecule has 0 saturated heterocycles. The summed E-state index contributed by atoms with van der Waals surface area (Å²) in [5.74, 6) is 0.445. The molecule has 3 aromatic rings. The summed E-state index contributed by atoms with van der Waals surface area (Å²) in [6, 6.07) is 22.8. The number of ether oxygens (including phenoxy) is 2. The van der Waals surface area contributed by atoms with Gasteiger partial charge in [0.2, 0.25) is 10.0 Å². The lowest BCUT2D eigenvalue weighted by molar-refractivity contribution is -0.122. The molecule has 0 saturated carbocycles. The van der Waals surface area contributed by atoms with Crippen molar-refractivity contribution in [3.8, 4) is 11.5 Å². The first-order chi connectivity index (χ1) is 15.8. The van der Waals surface area contributed by atoms with Gasteiger partial charge in [-0.25, -0.2) is 8.42 Å². The molecular formula is C25H26N2O5S. The van der Waals surface area contributed by atoms with E-state index in [9.17, 15) is 13.2 Å². The fourth-order valence-electron chi connectivity index (χ4n) is 3.58. The van der Waals surface area contributed by atoms with Crippen molar-refractivity contribution in [3.05, 3.63) is 84.4 Å². The highest BCUT2D eigenvalue weighted by molar-refractivity contribution is 7.92. The van der Waals surface area contributed by atoms with Gasteiger partial charge in [0.25, 0.3) is 5.91 Å². The van der Waals surface area contributed by atoms with E-state index < -0.39 is 22.0 Å². The van der Waals surface area contributed by atoms with Crippen LogP contribution in [0, 0.1) is 0 Å². The summed E-state index contributed by atoms with van der Waals surface area (Å²) >= 11 is 0. The first kappa shape index (κ1) is 22.7. The number of carbonyl (C=O) groups is 1. The summed E-state index contributed by atoms with van der Waals surface area (Å²) in [6.07, 6.45) is -0.956. The molecule has 0 unspecified atom stereocenters. The molecule has 7 nitrogen and oxygen atoms in total. The van der Waals surface area contributed by atoms with Crippen LogP contribution in [0.4, 0.5) is 11.4 Å². The Labute approximate surface area is 194 Å². The van der Waals surface area contributed by atoms with Crippen molar-refractivity contribution < 1.29 is 22.7 Å². The van der Waals surface area contributed by atoms with Crippen molar-refractivity contribution in [1.82, 2.24) is 0 Å². The van der Waals surface area contributed by atoms with E-state index in [4.69, 9.17) is 9.47 Å². The van der Waals surface area contributed by atoms with E-state index in [1.807, 2.05) is 19.9 Å². The molecular weight excluding hydrogens is 440 g/mol. The van der Waals surface area contributed by atoms with Gasteiger partial charge in [-0.2, -0.15) is 0 Å². The van der Waals surface area contributed by atoms with Crippen molar-refractivity contribution >= 4 is 27.3 Å². The summed E-state index contributed by atoms with van der Waals surface area (Å²) < 4.78 is 39.3. The summed E-state index contributed by atoms with van der Waals surface area (Å²) in [6.45, 7) is 3.75. The molecule has 0 aromatic heterocycles. The molecule has 1 heterocycles. The van der Waals surface area contributed by atoms with Gasteiger partial charge in [-0.3, -0.25) is 9.10 Å². The summed E-state index contributed by atoms with van der Waals surface area (Å²) in [5.41, 5.74) is 1.66. The van der Waals surface area contributed by atoms with E-state index in [2.05, 4.69) is 5.32 Å². The van der Waals surface area contributed by atoms with E-state index in [0.29, 0.717) is 28.4 Å². The topological polar surface area (TPSA) is 84.9 Å². The van der Waals surface area contributed by atoms with Crippen molar-refractivity contribution in [3.63, 3.8) is 0 Å². The molecule has 8 heteroatoms. The molecule has 33 heavy (non-hydrogen) atoms. The van der Waals surface area contributed by atoms with E-state index in [0.717, 1.165) is 0 Å². The van der Waals surface area contributed by atoms with Gasteiger partial charge in [0.15, 0.2) is 6.10 Å². The van der Waals surface area contributed by atoms with E-state index in [-0.39, 0.29) is 18.4 Å². The van der Waals surface area contributed by atoms with Gasteiger partial charge < -0.3 is 14.8 Å². The maximum atomic E-state index is 13.3. The number of para-hydroxylation sites is 2. The summed E-state index contributed by atoms with van der Waals surface area (Å²) in [4.78, 5) is 13.0. The molecule has 0 aliphatic carbocycles. The fraction of sp³-hybridized carbons (Fsp3) is 0.240. The average Bonchev–Trinajstić information content (AvgIpc) is 2.79. The maximum absolute atomic E-state index is 13.3. The lowest BCUT2D eigenvalue weighted by Gasteiger charge is -2.34. The second kappa shape index (κ2) is 9.54. The Kier molecular flexibility index (Phi) is 6.55. The number of carbonyl (C=O) groups excluding carboxylic acids is 1. The Morgan fingerprint density at radius 3 is 2.39 bits per heavy atom. The van der Waals surface area contributed by atoms with Crippen LogP contribution >= 0.6 is 0 Å². The molecule has 172 valence electrons. The number of rotatable bonds is 7. The Balaban J connectivity index is 1.54. The predicted molar refractivity (Wildman–Crippen MR) is 128 cm³/mol. The van der Waals surface area contributed by atoms with Crippen molar-refractivity contribution in [2.45, 2.75) is 31.8 Å². The standard InChI is InChI=1S/C25H26N2O5S/c1-18(2)31-21-14-12-20(13-15-21)26-25(28)24-16-27(22-10-6-7-11-23(22)32-24)33(29,30)17-19-8-4-3-5-9-19/h3-15,18,24H,16-17H2,1-2H3,(H,26,28)/t24-/m1/s1. The van der Waals surface area contributed by atoms with Crippen LogP contribution in [0.15, 0.2) is 78.9 Å². The van der Waals surface area contributed by atoms with Gasteiger partial charge in [-0.1, -0.05) is 42.5 Å². The smallest absolute Gasteiger partial charge is 0.267 e. The molecule has 1 atom stereocenters. The van der Waals surface area contributed by atoms with Gasteiger partial charge in [-0.15, -0.1) is 0 Å². The van der Waals surface area contributed by atoms with Crippen molar-refractivity contribution in [1.29, 1.82) is 0 Å². The summed E-state index contributed by atoms with van der Waals surface area (Å²) in [5, 5.41) is 2.80. The second-order valence-electron chi connectivity index (χ2n) is 8.03. The molecule has 1 N–H and O–H groups in total. The molecule has 4 rings (SSSR count). The fourth-order valence-corrected chi connectivity index (χ4v) is 5.16. The van der Waals surface area contributed by atoms with Gasteiger partial charge >= 0.3 is 0 Å². The molecule has 1 aliphatic rings. The van der Waals surface area contributed by atoms with E-state index >= 15 is 0 Å². The number of hydrogen-bond acceptors (Lipinski definition) is 5. The van der Waals surface area contributed by atoms with Crippen LogP contribution in [0.1, 0.15) is 19.4 Å². The van der Waals surface area contributed by atoms with Gasteiger partial charge in [0.1, 0.15) is 11.5 Å². The predicted octanol–water partition coefficient (Wildman–Crippen LogP) is 4.21. The molecule has 3 aromatic carbocycles. The number of anilines is 2. The van der Waals surface area contributed by atoms with Crippen LogP contribution in [0.5, 0.6) is 11.5 Å². The average molecular weight is 467 g/mol. The Hall–Kier alpha value is -3.52. The third kappa shape index (κ3) is 5.46. The molecule has 0 bridgehead atoms. The minimum Gasteiger partial charge on any atom is -0.491 e. The Bertz CT molecular complexity index is 1210. The zero-order valence-electron chi connectivity index (χ0n) is 18.5. The maximum Gasteiger partial charge on any atom is 0.267 e. The van der Waals surface area contributed by atoms with Crippen LogP contribution in [-0.4, -0.2) is 33.1 Å². The van der Waals surface area contributed by atoms with E-state index in [1.165, 1.54) is 4.31 Å². The van der Waals surface area contributed by atoms with Crippen LogP contribution in [0.2, 0.25) is 0 Å². The normalized spacial score (nSPS) is 15.5.